The third-order valence-corrected chi connectivity index (χ3v) is 8.33. The summed E-state index contributed by atoms with van der Waals surface area (Å²) in [5.41, 5.74) is 0.657. The summed E-state index contributed by atoms with van der Waals surface area (Å²) >= 11 is 0. The summed E-state index contributed by atoms with van der Waals surface area (Å²) in [7, 11) is 0. The highest BCUT2D eigenvalue weighted by atomic mass is 16.4. The number of fused-ring (bicyclic) bond motifs is 5. The lowest BCUT2D eigenvalue weighted by molar-refractivity contribution is -0.132. The van der Waals surface area contributed by atoms with Gasteiger partial charge in [-0.25, -0.2) is 0 Å². The Balaban J connectivity index is 1.80. The summed E-state index contributed by atoms with van der Waals surface area (Å²) in [6, 6.07) is 0. The van der Waals surface area contributed by atoms with E-state index < -0.39 is 5.41 Å². The minimum Gasteiger partial charge on any atom is -0.411 e. The molecule has 136 valence electrons. The second-order valence-corrected chi connectivity index (χ2v) is 9.74. The molecule has 0 spiro atoms. The number of hydrogen-bond acceptors (Lipinski definition) is 4. The topological polar surface area (TPSA) is 66.7 Å². The Morgan fingerprint density at radius 1 is 1.08 bits per heavy atom. The van der Waals surface area contributed by atoms with Crippen LogP contribution in [0.2, 0.25) is 0 Å². The number of carbonyl (C=O) groups excluding carboxylic acids is 2. The maximum Gasteiger partial charge on any atom is 0.190 e. The number of Topliss-reactive ketones (excluding diaryl/α,β-unsaturated/α-hetero) is 2. The summed E-state index contributed by atoms with van der Waals surface area (Å²) in [5, 5.41) is 12.8. The Labute approximate surface area is 149 Å². The van der Waals surface area contributed by atoms with E-state index in [2.05, 4.69) is 25.1 Å². The number of oxime groups is 1. The van der Waals surface area contributed by atoms with Crippen molar-refractivity contribution in [3.63, 3.8) is 0 Å². The van der Waals surface area contributed by atoms with Crippen LogP contribution in [0.15, 0.2) is 16.8 Å². The number of nitrogens with zero attached hydrogens (tertiary/aromatic N) is 1. The zero-order chi connectivity index (χ0) is 18.2. The van der Waals surface area contributed by atoms with E-state index in [0.717, 1.165) is 32.1 Å². The van der Waals surface area contributed by atoms with Gasteiger partial charge in [0.1, 0.15) is 11.5 Å². The summed E-state index contributed by atoms with van der Waals surface area (Å²) in [6.45, 7) is 8.38. The van der Waals surface area contributed by atoms with Gasteiger partial charge in [0.2, 0.25) is 0 Å². The molecule has 0 saturated heterocycles. The first-order valence-corrected chi connectivity index (χ1v) is 9.66. The predicted molar refractivity (Wildman–Crippen MR) is 95.5 cm³/mol. The SMILES string of the molecule is CC1(C)C(=O)/C(=N\O)CC2(C)C1=CCC1C3CCC(=O)C3(C)CCC12. The molecular formula is C21H29NO3. The van der Waals surface area contributed by atoms with Crippen LogP contribution in [0, 0.1) is 34.0 Å². The van der Waals surface area contributed by atoms with Gasteiger partial charge in [0.15, 0.2) is 5.78 Å². The van der Waals surface area contributed by atoms with Gasteiger partial charge in [-0.15, -0.1) is 0 Å². The molecule has 3 saturated carbocycles. The molecule has 0 radical (unpaired) electrons. The van der Waals surface area contributed by atoms with Crippen molar-refractivity contribution in [2.24, 2.45) is 39.2 Å². The fourth-order valence-corrected chi connectivity index (χ4v) is 7.05. The van der Waals surface area contributed by atoms with Gasteiger partial charge in [0, 0.05) is 18.3 Å². The maximum absolute atomic E-state index is 12.7. The van der Waals surface area contributed by atoms with E-state index in [1.54, 1.807) is 0 Å². The van der Waals surface area contributed by atoms with E-state index in [0.29, 0.717) is 35.7 Å². The summed E-state index contributed by atoms with van der Waals surface area (Å²) in [5.74, 6) is 1.83. The molecule has 25 heavy (non-hydrogen) atoms. The smallest absolute Gasteiger partial charge is 0.190 e. The lowest BCUT2D eigenvalue weighted by Crippen LogP contribution is -2.56. The number of hydrogen-bond donors (Lipinski definition) is 1. The average Bonchev–Trinajstić information content (AvgIpc) is 2.86. The third-order valence-electron chi connectivity index (χ3n) is 8.33. The first-order chi connectivity index (χ1) is 11.7. The summed E-state index contributed by atoms with van der Waals surface area (Å²) < 4.78 is 0. The molecule has 4 rings (SSSR count). The molecule has 0 amide bonds. The first-order valence-electron chi connectivity index (χ1n) is 9.66. The van der Waals surface area contributed by atoms with E-state index in [9.17, 15) is 14.8 Å². The highest BCUT2D eigenvalue weighted by molar-refractivity contribution is 6.43. The summed E-state index contributed by atoms with van der Waals surface area (Å²) in [4.78, 5) is 25.2. The molecule has 0 aromatic rings. The van der Waals surface area contributed by atoms with Gasteiger partial charge in [0.25, 0.3) is 0 Å². The van der Waals surface area contributed by atoms with Crippen molar-refractivity contribution in [1.29, 1.82) is 0 Å². The minimum absolute atomic E-state index is 0.0473. The molecule has 4 nitrogen and oxygen atoms in total. The fraction of sp³-hybridized carbons (Fsp3) is 0.762. The largest absolute Gasteiger partial charge is 0.411 e. The van der Waals surface area contributed by atoms with Gasteiger partial charge in [-0.3, -0.25) is 9.59 Å². The van der Waals surface area contributed by atoms with Crippen LogP contribution in [0.5, 0.6) is 0 Å². The van der Waals surface area contributed by atoms with Crippen LogP contribution in [-0.4, -0.2) is 22.5 Å². The predicted octanol–water partition coefficient (Wildman–Crippen LogP) is 4.16. The van der Waals surface area contributed by atoms with E-state index in [4.69, 9.17) is 0 Å². The van der Waals surface area contributed by atoms with Crippen molar-refractivity contribution in [2.45, 2.75) is 66.2 Å². The first kappa shape index (κ1) is 17.0. The zero-order valence-corrected chi connectivity index (χ0v) is 15.8. The third kappa shape index (κ3) is 1.97. The Morgan fingerprint density at radius 3 is 2.44 bits per heavy atom. The maximum atomic E-state index is 12.7. The van der Waals surface area contributed by atoms with Gasteiger partial charge in [-0.1, -0.05) is 30.7 Å². The molecule has 0 bridgehead atoms. The molecule has 0 heterocycles. The number of rotatable bonds is 0. The Hall–Kier alpha value is -1.45. The fourth-order valence-electron chi connectivity index (χ4n) is 7.05. The van der Waals surface area contributed by atoms with E-state index in [1.165, 1.54) is 5.57 Å². The van der Waals surface area contributed by atoms with Crippen LogP contribution in [0.1, 0.15) is 66.2 Å². The number of carbonyl (C=O) groups is 2. The average molecular weight is 343 g/mol. The Morgan fingerprint density at radius 2 is 1.76 bits per heavy atom. The molecule has 3 fully saturated rings. The van der Waals surface area contributed by atoms with Crippen LogP contribution in [0.4, 0.5) is 0 Å². The lowest BCUT2D eigenvalue weighted by Gasteiger charge is -2.58. The van der Waals surface area contributed by atoms with Crippen molar-refractivity contribution in [3.05, 3.63) is 11.6 Å². The van der Waals surface area contributed by atoms with Crippen LogP contribution < -0.4 is 0 Å². The molecule has 4 aliphatic carbocycles. The van der Waals surface area contributed by atoms with Gasteiger partial charge in [0.05, 0.1) is 5.41 Å². The van der Waals surface area contributed by atoms with Crippen molar-refractivity contribution in [3.8, 4) is 0 Å². The lowest BCUT2D eigenvalue weighted by atomic mass is 9.45. The van der Waals surface area contributed by atoms with Crippen molar-refractivity contribution in [2.75, 3.05) is 0 Å². The quantitative estimate of drug-likeness (QED) is 0.408. The molecule has 1 N–H and O–H groups in total. The Bertz CT molecular complexity index is 719. The monoisotopic (exact) mass is 343 g/mol. The molecule has 5 atom stereocenters. The van der Waals surface area contributed by atoms with Crippen molar-refractivity contribution >= 4 is 17.3 Å². The highest BCUT2D eigenvalue weighted by Gasteiger charge is 2.62. The molecule has 0 aromatic heterocycles. The van der Waals surface area contributed by atoms with Gasteiger partial charge >= 0.3 is 0 Å². The molecule has 4 heteroatoms. The van der Waals surface area contributed by atoms with E-state index in [-0.39, 0.29) is 16.6 Å². The van der Waals surface area contributed by atoms with Crippen LogP contribution >= 0.6 is 0 Å². The standard InChI is InChI=1S/C21H29NO3/c1-19(2)16-7-5-12-13-6-8-17(23)20(13,3)10-9-14(12)21(16,4)11-15(22-25)18(19)24/h7,12-14,25H,5-6,8-11H2,1-4H3/b22-15-. The van der Waals surface area contributed by atoms with Gasteiger partial charge in [-0.05, 0) is 62.7 Å². The van der Waals surface area contributed by atoms with E-state index in [1.807, 2.05) is 13.8 Å². The Kier molecular flexibility index (Phi) is 3.43. The van der Waals surface area contributed by atoms with Gasteiger partial charge in [-0.2, -0.15) is 0 Å². The van der Waals surface area contributed by atoms with E-state index >= 15 is 0 Å². The molecule has 5 unspecified atom stereocenters. The normalized spacial score (nSPS) is 47.1. The number of allylic oxidation sites excluding steroid dienone is 2. The molecule has 0 aromatic carbocycles. The zero-order valence-electron chi connectivity index (χ0n) is 15.8. The van der Waals surface area contributed by atoms with Crippen LogP contribution in [-0.2, 0) is 9.59 Å². The molecule has 4 aliphatic rings. The van der Waals surface area contributed by atoms with Crippen LogP contribution in [0.25, 0.3) is 0 Å². The summed E-state index contributed by atoms with van der Waals surface area (Å²) in [6.07, 6.45) is 7.52. The molecular weight excluding hydrogens is 314 g/mol. The van der Waals surface area contributed by atoms with Crippen molar-refractivity contribution < 1.29 is 14.8 Å². The molecule has 0 aliphatic heterocycles. The van der Waals surface area contributed by atoms with Crippen molar-refractivity contribution in [1.82, 2.24) is 0 Å². The second kappa shape index (κ2) is 5.05. The second-order valence-electron chi connectivity index (χ2n) is 9.74. The van der Waals surface area contributed by atoms with Crippen LogP contribution in [0.3, 0.4) is 0 Å². The minimum atomic E-state index is -0.605. The highest BCUT2D eigenvalue weighted by Crippen LogP contribution is 2.65. The van der Waals surface area contributed by atoms with Gasteiger partial charge < -0.3 is 5.21 Å². The number of ketones is 2.